The van der Waals surface area contributed by atoms with Gasteiger partial charge in [-0.15, -0.1) is 0 Å². The summed E-state index contributed by atoms with van der Waals surface area (Å²) in [6, 6.07) is 8.72. The summed E-state index contributed by atoms with van der Waals surface area (Å²) in [4.78, 5) is 21.0. The minimum absolute atomic E-state index is 0.179. The van der Waals surface area contributed by atoms with Crippen molar-refractivity contribution in [3.8, 4) is 0 Å². The highest BCUT2D eigenvalue weighted by Gasteiger charge is 2.72. The van der Waals surface area contributed by atoms with E-state index in [2.05, 4.69) is 34.1 Å². The molecule has 3 fully saturated rings. The Morgan fingerprint density at radius 3 is 2.92 bits per heavy atom. The number of H-pyrrole nitrogens is 1. The van der Waals surface area contributed by atoms with Crippen LogP contribution in [0.25, 0.3) is 10.9 Å². The number of nitrogens with zero attached hydrogens (tertiary/aromatic N) is 2. The van der Waals surface area contributed by atoms with Crippen LogP contribution in [0.1, 0.15) is 36.9 Å². The number of nitrogens with one attached hydrogen (secondary N) is 1. The van der Waals surface area contributed by atoms with Crippen LogP contribution in [0, 0.1) is 0 Å². The van der Waals surface area contributed by atoms with Gasteiger partial charge in [-0.05, 0) is 37.3 Å². The van der Waals surface area contributed by atoms with Crippen molar-refractivity contribution in [1.29, 1.82) is 0 Å². The van der Waals surface area contributed by atoms with Gasteiger partial charge >= 0.3 is 6.03 Å². The molecule has 1 aliphatic carbocycles. The summed E-state index contributed by atoms with van der Waals surface area (Å²) in [7, 11) is 0. The molecule has 2 unspecified atom stereocenters. The van der Waals surface area contributed by atoms with Crippen LogP contribution >= 0.6 is 0 Å². The molecule has 4 heterocycles. The summed E-state index contributed by atoms with van der Waals surface area (Å²) in [5.74, 6) is 0. The number of rotatable bonds is 0. The predicted molar refractivity (Wildman–Crippen MR) is 89.6 cm³/mol. The van der Waals surface area contributed by atoms with E-state index in [1.54, 1.807) is 0 Å². The van der Waals surface area contributed by atoms with Gasteiger partial charge in [0.15, 0.2) is 5.72 Å². The van der Waals surface area contributed by atoms with Crippen molar-refractivity contribution in [1.82, 2.24) is 14.8 Å². The van der Waals surface area contributed by atoms with Gasteiger partial charge in [-0.2, -0.15) is 0 Å². The third-order valence-corrected chi connectivity index (χ3v) is 6.78. The topological polar surface area (TPSA) is 48.6 Å². The molecule has 1 saturated carbocycles. The second-order valence-corrected chi connectivity index (χ2v) is 7.56. The summed E-state index contributed by atoms with van der Waals surface area (Å²) in [5.41, 5.74) is 3.04. The van der Waals surface area contributed by atoms with Crippen LogP contribution in [-0.2, 0) is 16.7 Å². The molecule has 5 heteroatoms. The average Bonchev–Trinajstić information content (AvgIpc) is 3.24. The molecule has 2 atom stereocenters. The second-order valence-electron chi connectivity index (χ2n) is 7.56. The van der Waals surface area contributed by atoms with E-state index in [9.17, 15) is 4.79 Å². The first kappa shape index (κ1) is 13.3. The smallest absolute Gasteiger partial charge is 0.323 e. The molecule has 24 heavy (non-hydrogen) atoms. The minimum Gasteiger partial charge on any atom is -0.356 e. The molecule has 0 radical (unpaired) electrons. The molecule has 2 amide bonds. The lowest BCUT2D eigenvalue weighted by atomic mass is 9.69. The summed E-state index contributed by atoms with van der Waals surface area (Å²) >= 11 is 0. The first-order valence-electron chi connectivity index (χ1n) is 9.11. The minimum atomic E-state index is -0.460. The fourth-order valence-electron chi connectivity index (χ4n) is 5.94. The van der Waals surface area contributed by atoms with Gasteiger partial charge < -0.3 is 14.6 Å². The van der Waals surface area contributed by atoms with E-state index < -0.39 is 5.72 Å². The highest BCUT2D eigenvalue weighted by Crippen LogP contribution is 2.60. The molecule has 1 aromatic heterocycles. The van der Waals surface area contributed by atoms with Crippen LogP contribution in [-0.4, -0.2) is 46.2 Å². The van der Waals surface area contributed by atoms with E-state index in [1.165, 1.54) is 22.2 Å². The van der Waals surface area contributed by atoms with Crippen molar-refractivity contribution in [2.45, 2.75) is 43.4 Å². The van der Waals surface area contributed by atoms with Gasteiger partial charge in [-0.1, -0.05) is 24.6 Å². The van der Waals surface area contributed by atoms with Gasteiger partial charge in [0.2, 0.25) is 0 Å². The van der Waals surface area contributed by atoms with Gasteiger partial charge in [0, 0.05) is 24.0 Å². The highest BCUT2D eigenvalue weighted by molar-refractivity contribution is 5.88. The van der Waals surface area contributed by atoms with Crippen LogP contribution in [0.5, 0.6) is 0 Å². The normalized spacial score (nSPS) is 34.2. The van der Waals surface area contributed by atoms with Crippen molar-refractivity contribution >= 4 is 16.9 Å². The molecular weight excluding hydrogens is 302 g/mol. The molecule has 2 aromatic rings. The Morgan fingerprint density at radius 2 is 1.96 bits per heavy atom. The third-order valence-electron chi connectivity index (χ3n) is 6.78. The van der Waals surface area contributed by atoms with E-state index in [-0.39, 0.29) is 11.6 Å². The fourth-order valence-corrected chi connectivity index (χ4v) is 5.94. The SMILES string of the molecule is O=C1N2CCOC23CCCCC32c3[nH]c4ccccc4c3CCN12. The Balaban J connectivity index is 1.69. The number of aromatic amines is 1. The maximum atomic E-state index is 13.2. The summed E-state index contributed by atoms with van der Waals surface area (Å²) in [5, 5.41) is 1.31. The van der Waals surface area contributed by atoms with Crippen LogP contribution in [0.15, 0.2) is 24.3 Å². The highest BCUT2D eigenvalue weighted by atomic mass is 16.5. The molecule has 2 spiro atoms. The zero-order chi connectivity index (χ0) is 15.9. The van der Waals surface area contributed by atoms with Gasteiger partial charge in [-0.25, -0.2) is 4.79 Å². The summed E-state index contributed by atoms with van der Waals surface area (Å²) < 4.78 is 6.40. The Kier molecular flexibility index (Phi) is 2.30. The Morgan fingerprint density at radius 1 is 1.08 bits per heavy atom. The maximum Gasteiger partial charge on any atom is 0.323 e. The second kappa shape index (κ2) is 4.14. The molecule has 1 N–H and O–H groups in total. The first-order valence-corrected chi connectivity index (χ1v) is 9.11. The lowest BCUT2D eigenvalue weighted by Crippen LogP contribution is -2.62. The Bertz CT molecular complexity index is 875. The molecule has 1 aromatic carbocycles. The van der Waals surface area contributed by atoms with Gasteiger partial charge in [0.05, 0.1) is 12.3 Å². The van der Waals surface area contributed by atoms with E-state index in [0.717, 1.165) is 45.2 Å². The van der Waals surface area contributed by atoms with Crippen molar-refractivity contribution in [2.75, 3.05) is 19.7 Å². The van der Waals surface area contributed by atoms with Crippen molar-refractivity contribution in [2.24, 2.45) is 0 Å². The monoisotopic (exact) mass is 323 g/mol. The lowest BCUT2D eigenvalue weighted by molar-refractivity contribution is -0.155. The van der Waals surface area contributed by atoms with Crippen molar-refractivity contribution < 1.29 is 9.53 Å². The molecule has 6 rings (SSSR count). The number of ether oxygens (including phenoxy) is 1. The Labute approximate surface area is 140 Å². The molecule has 0 bridgehead atoms. The molecule has 2 saturated heterocycles. The zero-order valence-corrected chi connectivity index (χ0v) is 13.7. The summed E-state index contributed by atoms with van der Waals surface area (Å²) in [6.07, 6.45) is 5.16. The van der Waals surface area contributed by atoms with Crippen LogP contribution in [0.3, 0.4) is 0 Å². The number of carbonyl (C=O) groups excluding carboxylic acids is 1. The quantitative estimate of drug-likeness (QED) is 0.810. The predicted octanol–water partition coefficient (Wildman–Crippen LogP) is 2.96. The van der Waals surface area contributed by atoms with Crippen LogP contribution in [0.2, 0.25) is 0 Å². The number of benzene rings is 1. The molecule has 3 aliphatic heterocycles. The van der Waals surface area contributed by atoms with Gasteiger partial charge in [0.25, 0.3) is 0 Å². The number of hydrogen-bond donors (Lipinski definition) is 1. The van der Waals surface area contributed by atoms with Crippen molar-refractivity contribution in [3.05, 3.63) is 35.5 Å². The van der Waals surface area contributed by atoms with E-state index in [4.69, 9.17) is 4.74 Å². The average molecular weight is 323 g/mol. The number of carbonyl (C=O) groups is 1. The fraction of sp³-hybridized carbons (Fsp3) is 0.526. The Hall–Kier alpha value is -2.01. The third kappa shape index (κ3) is 1.22. The maximum absolute atomic E-state index is 13.2. The number of para-hydroxylation sites is 1. The number of amides is 2. The lowest BCUT2D eigenvalue weighted by Gasteiger charge is -2.52. The van der Waals surface area contributed by atoms with E-state index >= 15 is 0 Å². The zero-order valence-electron chi connectivity index (χ0n) is 13.7. The summed E-state index contributed by atoms with van der Waals surface area (Å²) in [6.45, 7) is 2.19. The van der Waals surface area contributed by atoms with Crippen molar-refractivity contribution in [3.63, 3.8) is 0 Å². The molecule has 124 valence electrons. The first-order chi connectivity index (χ1) is 11.8. The van der Waals surface area contributed by atoms with Crippen LogP contribution in [0.4, 0.5) is 4.79 Å². The van der Waals surface area contributed by atoms with Crippen LogP contribution < -0.4 is 0 Å². The molecular formula is C19H21N3O2. The largest absolute Gasteiger partial charge is 0.356 e. The number of aromatic nitrogens is 1. The number of fused-ring (bicyclic) bond motifs is 3. The van der Waals surface area contributed by atoms with E-state index in [0.29, 0.717) is 6.61 Å². The molecule has 5 nitrogen and oxygen atoms in total. The van der Waals surface area contributed by atoms with E-state index in [1.807, 2.05) is 4.90 Å². The standard InChI is InChI=1S/C19H21N3O2/c23-17-21-10-7-14-13-5-1-2-6-15(13)20-16(14)18(21)8-3-4-9-19(18)22(17)11-12-24-19/h1-2,5-6,20H,3-4,7-12H2. The number of hydrogen-bond acceptors (Lipinski definition) is 2. The molecule has 4 aliphatic rings. The van der Waals surface area contributed by atoms with Gasteiger partial charge in [0.1, 0.15) is 5.54 Å². The number of urea groups is 1. The van der Waals surface area contributed by atoms with Gasteiger partial charge in [-0.3, -0.25) is 4.90 Å².